The van der Waals surface area contributed by atoms with Crippen LogP contribution in [-0.2, 0) is 13.6 Å². The summed E-state index contributed by atoms with van der Waals surface area (Å²) in [6, 6.07) is 14.2. The molecule has 0 unspecified atom stereocenters. The van der Waals surface area contributed by atoms with E-state index in [-0.39, 0.29) is 0 Å². The first-order chi connectivity index (χ1) is 12.6. The minimum atomic E-state index is 0.498. The van der Waals surface area contributed by atoms with Crippen molar-refractivity contribution in [3.8, 4) is 11.3 Å². The number of nitrogens with one attached hydrogen (secondary N) is 1. The van der Waals surface area contributed by atoms with Crippen LogP contribution in [0.4, 0.5) is 11.8 Å². The van der Waals surface area contributed by atoms with E-state index >= 15 is 0 Å². The SMILES string of the molecule is Cc1cccc(CNc2nc3cnc(-c4ccc(N)nc4)cc3n2C)c1. The number of benzene rings is 1. The molecule has 0 bridgehead atoms. The highest BCUT2D eigenvalue weighted by atomic mass is 15.2. The lowest BCUT2D eigenvalue weighted by Gasteiger charge is -2.07. The fourth-order valence-corrected chi connectivity index (χ4v) is 2.97. The summed E-state index contributed by atoms with van der Waals surface area (Å²) in [5, 5.41) is 3.41. The molecule has 6 nitrogen and oxygen atoms in total. The van der Waals surface area contributed by atoms with Crippen LogP contribution in [0.5, 0.6) is 0 Å². The van der Waals surface area contributed by atoms with Crippen LogP contribution in [-0.4, -0.2) is 19.5 Å². The normalized spacial score (nSPS) is 11.0. The van der Waals surface area contributed by atoms with Gasteiger partial charge in [-0.1, -0.05) is 29.8 Å². The predicted octanol–water partition coefficient (Wildman–Crippen LogP) is 3.53. The van der Waals surface area contributed by atoms with E-state index in [9.17, 15) is 0 Å². The van der Waals surface area contributed by atoms with E-state index < -0.39 is 0 Å². The summed E-state index contributed by atoms with van der Waals surface area (Å²) >= 11 is 0. The van der Waals surface area contributed by atoms with Crippen LogP contribution >= 0.6 is 0 Å². The Balaban J connectivity index is 1.63. The minimum absolute atomic E-state index is 0.498. The number of rotatable bonds is 4. The first-order valence-corrected chi connectivity index (χ1v) is 8.44. The Kier molecular flexibility index (Phi) is 4.01. The number of aromatic nitrogens is 4. The lowest BCUT2D eigenvalue weighted by atomic mass is 10.1. The first-order valence-electron chi connectivity index (χ1n) is 8.44. The summed E-state index contributed by atoms with van der Waals surface area (Å²) in [4.78, 5) is 13.3. The minimum Gasteiger partial charge on any atom is -0.384 e. The maximum absolute atomic E-state index is 5.66. The highest BCUT2D eigenvalue weighted by Gasteiger charge is 2.10. The lowest BCUT2D eigenvalue weighted by Crippen LogP contribution is -2.05. The molecule has 0 amide bonds. The molecule has 130 valence electrons. The zero-order chi connectivity index (χ0) is 18.1. The second-order valence-corrected chi connectivity index (χ2v) is 6.37. The van der Waals surface area contributed by atoms with Crippen molar-refractivity contribution in [2.75, 3.05) is 11.1 Å². The van der Waals surface area contributed by atoms with Gasteiger partial charge >= 0.3 is 0 Å². The van der Waals surface area contributed by atoms with Crippen molar-refractivity contribution in [2.24, 2.45) is 7.05 Å². The van der Waals surface area contributed by atoms with Crippen molar-refractivity contribution in [1.82, 2.24) is 19.5 Å². The highest BCUT2D eigenvalue weighted by Crippen LogP contribution is 2.24. The third-order valence-corrected chi connectivity index (χ3v) is 4.38. The number of hydrogen-bond acceptors (Lipinski definition) is 5. The van der Waals surface area contributed by atoms with Gasteiger partial charge in [-0.2, -0.15) is 0 Å². The van der Waals surface area contributed by atoms with Crippen LogP contribution in [0.15, 0.2) is 54.9 Å². The van der Waals surface area contributed by atoms with Crippen LogP contribution < -0.4 is 11.1 Å². The molecule has 0 saturated heterocycles. The number of imidazole rings is 1. The molecule has 0 radical (unpaired) electrons. The Bertz CT molecular complexity index is 1070. The molecular formula is C20H20N6. The van der Waals surface area contributed by atoms with Gasteiger partial charge in [0.25, 0.3) is 0 Å². The molecule has 0 aliphatic carbocycles. The van der Waals surface area contributed by atoms with Gasteiger partial charge in [0.15, 0.2) is 0 Å². The monoisotopic (exact) mass is 344 g/mol. The molecule has 6 heteroatoms. The molecule has 3 N–H and O–H groups in total. The Morgan fingerprint density at radius 3 is 2.73 bits per heavy atom. The molecule has 0 saturated carbocycles. The molecule has 0 atom stereocenters. The number of nitrogens with zero attached hydrogens (tertiary/aromatic N) is 4. The summed E-state index contributed by atoms with van der Waals surface area (Å²) in [5.41, 5.74) is 11.8. The van der Waals surface area contributed by atoms with Crippen molar-refractivity contribution in [2.45, 2.75) is 13.5 Å². The third kappa shape index (κ3) is 3.09. The van der Waals surface area contributed by atoms with E-state index in [4.69, 9.17) is 5.73 Å². The molecule has 0 fully saturated rings. The number of hydrogen-bond donors (Lipinski definition) is 2. The van der Waals surface area contributed by atoms with Gasteiger partial charge < -0.3 is 15.6 Å². The average molecular weight is 344 g/mol. The molecule has 1 aromatic carbocycles. The van der Waals surface area contributed by atoms with Crippen molar-refractivity contribution >= 4 is 22.8 Å². The van der Waals surface area contributed by atoms with Gasteiger partial charge in [-0.15, -0.1) is 0 Å². The van der Waals surface area contributed by atoms with E-state index in [2.05, 4.69) is 51.5 Å². The quantitative estimate of drug-likeness (QED) is 0.592. The average Bonchev–Trinajstić information content (AvgIpc) is 2.96. The number of aryl methyl sites for hydroxylation is 2. The number of pyridine rings is 2. The second kappa shape index (κ2) is 6.48. The molecule has 4 aromatic rings. The Labute approximate surface area is 151 Å². The second-order valence-electron chi connectivity index (χ2n) is 6.37. The first kappa shape index (κ1) is 16.1. The maximum atomic E-state index is 5.66. The molecule has 26 heavy (non-hydrogen) atoms. The van der Waals surface area contributed by atoms with E-state index in [1.54, 1.807) is 18.5 Å². The zero-order valence-corrected chi connectivity index (χ0v) is 14.8. The smallest absolute Gasteiger partial charge is 0.203 e. The van der Waals surface area contributed by atoms with Crippen molar-refractivity contribution < 1.29 is 0 Å². The lowest BCUT2D eigenvalue weighted by molar-refractivity contribution is 0.927. The van der Waals surface area contributed by atoms with Gasteiger partial charge in [-0.05, 0) is 30.7 Å². The van der Waals surface area contributed by atoms with Crippen molar-refractivity contribution in [3.05, 3.63) is 66.0 Å². The molecule has 4 rings (SSSR count). The van der Waals surface area contributed by atoms with E-state index in [1.807, 2.05) is 23.7 Å². The van der Waals surface area contributed by atoms with Gasteiger partial charge in [-0.25, -0.2) is 9.97 Å². The highest BCUT2D eigenvalue weighted by molar-refractivity contribution is 5.81. The van der Waals surface area contributed by atoms with Crippen LogP contribution in [0.2, 0.25) is 0 Å². The van der Waals surface area contributed by atoms with Crippen molar-refractivity contribution in [1.29, 1.82) is 0 Å². The molecule has 0 aliphatic heterocycles. The Morgan fingerprint density at radius 2 is 1.96 bits per heavy atom. The number of anilines is 2. The van der Waals surface area contributed by atoms with Crippen LogP contribution in [0.25, 0.3) is 22.3 Å². The summed E-state index contributed by atoms with van der Waals surface area (Å²) in [5.74, 6) is 1.31. The van der Waals surface area contributed by atoms with Gasteiger partial charge in [0, 0.05) is 25.4 Å². The van der Waals surface area contributed by atoms with Crippen LogP contribution in [0.1, 0.15) is 11.1 Å². The Morgan fingerprint density at radius 1 is 1.08 bits per heavy atom. The predicted molar refractivity (Wildman–Crippen MR) is 105 cm³/mol. The number of nitrogen functional groups attached to an aromatic ring is 1. The topological polar surface area (TPSA) is 81.7 Å². The number of fused-ring (bicyclic) bond motifs is 1. The standard InChI is InChI=1S/C20H20N6/c1-13-4-3-5-14(8-13)10-24-20-25-17-12-22-16(9-18(17)26(20)2)15-6-7-19(21)23-11-15/h3-9,11-12H,10H2,1-2H3,(H2,21,23)(H,24,25). The van der Waals surface area contributed by atoms with Crippen LogP contribution in [0, 0.1) is 6.92 Å². The van der Waals surface area contributed by atoms with E-state index in [0.29, 0.717) is 5.82 Å². The van der Waals surface area contributed by atoms with E-state index in [1.165, 1.54) is 11.1 Å². The van der Waals surface area contributed by atoms with Crippen molar-refractivity contribution in [3.63, 3.8) is 0 Å². The Hall–Kier alpha value is -3.41. The largest absolute Gasteiger partial charge is 0.384 e. The maximum Gasteiger partial charge on any atom is 0.203 e. The molecule has 0 aliphatic rings. The van der Waals surface area contributed by atoms with Gasteiger partial charge in [-0.3, -0.25) is 4.98 Å². The molecule has 0 spiro atoms. The number of nitrogens with two attached hydrogens (primary N) is 1. The van der Waals surface area contributed by atoms with E-state index in [0.717, 1.165) is 34.8 Å². The molecular weight excluding hydrogens is 324 g/mol. The fraction of sp³-hybridized carbons (Fsp3) is 0.150. The molecule has 3 aromatic heterocycles. The summed E-state index contributed by atoms with van der Waals surface area (Å²) in [7, 11) is 2.00. The van der Waals surface area contributed by atoms with Gasteiger partial charge in [0.1, 0.15) is 11.3 Å². The van der Waals surface area contributed by atoms with Gasteiger partial charge in [0.2, 0.25) is 5.95 Å². The van der Waals surface area contributed by atoms with Crippen LogP contribution in [0.3, 0.4) is 0 Å². The zero-order valence-electron chi connectivity index (χ0n) is 14.8. The summed E-state index contributed by atoms with van der Waals surface area (Å²) < 4.78 is 2.04. The summed E-state index contributed by atoms with van der Waals surface area (Å²) in [6.07, 6.45) is 3.52. The van der Waals surface area contributed by atoms with Gasteiger partial charge in [0.05, 0.1) is 17.4 Å². The summed E-state index contributed by atoms with van der Waals surface area (Å²) in [6.45, 7) is 2.82. The third-order valence-electron chi connectivity index (χ3n) is 4.38. The fourth-order valence-electron chi connectivity index (χ4n) is 2.97. The molecule has 3 heterocycles.